The standard InChI is InChI=1S/C5H9BrN2O/c1-5(2)4(6)3-8(9)7-5/h3,7,9H,1-2H3. The lowest BCUT2D eigenvalue weighted by Crippen LogP contribution is -2.41. The Hall–Kier alpha value is -0.0600. The molecule has 4 heteroatoms. The van der Waals surface area contributed by atoms with Gasteiger partial charge in [-0.3, -0.25) is 5.21 Å². The van der Waals surface area contributed by atoms with Gasteiger partial charge < -0.3 is 0 Å². The third-order valence-electron chi connectivity index (χ3n) is 1.23. The smallest absolute Gasteiger partial charge is 0.0669 e. The van der Waals surface area contributed by atoms with Crippen LogP contribution in [0.4, 0.5) is 0 Å². The highest BCUT2D eigenvalue weighted by atomic mass is 79.9. The van der Waals surface area contributed by atoms with Crippen LogP contribution in [0.25, 0.3) is 0 Å². The van der Waals surface area contributed by atoms with E-state index in [1.165, 1.54) is 0 Å². The lowest BCUT2D eigenvalue weighted by molar-refractivity contribution is -0.0922. The molecule has 0 aliphatic carbocycles. The van der Waals surface area contributed by atoms with Crippen molar-refractivity contribution < 1.29 is 5.21 Å². The molecule has 1 rings (SSSR count). The molecule has 1 aliphatic heterocycles. The zero-order valence-corrected chi connectivity index (χ0v) is 6.94. The van der Waals surface area contributed by atoms with Gasteiger partial charge in [-0.25, -0.2) is 0 Å². The minimum Gasteiger partial charge on any atom is -0.273 e. The quantitative estimate of drug-likeness (QED) is 0.606. The summed E-state index contributed by atoms with van der Waals surface area (Å²) in [5.74, 6) is 0. The van der Waals surface area contributed by atoms with E-state index in [0.717, 1.165) is 9.65 Å². The van der Waals surface area contributed by atoms with Crippen LogP contribution in [-0.2, 0) is 0 Å². The van der Waals surface area contributed by atoms with E-state index in [9.17, 15) is 0 Å². The summed E-state index contributed by atoms with van der Waals surface area (Å²) in [6, 6.07) is 0. The van der Waals surface area contributed by atoms with Crippen LogP contribution in [0.3, 0.4) is 0 Å². The molecule has 3 nitrogen and oxygen atoms in total. The molecule has 52 valence electrons. The average molecular weight is 193 g/mol. The zero-order chi connectivity index (χ0) is 7.07. The zero-order valence-electron chi connectivity index (χ0n) is 5.35. The molecule has 0 aromatic rings. The summed E-state index contributed by atoms with van der Waals surface area (Å²) in [5.41, 5.74) is 2.62. The molecule has 0 saturated carbocycles. The van der Waals surface area contributed by atoms with E-state index in [0.29, 0.717) is 0 Å². The molecular formula is C5H9BrN2O. The first-order valence-electron chi connectivity index (χ1n) is 2.66. The van der Waals surface area contributed by atoms with E-state index in [1.54, 1.807) is 6.20 Å². The number of rotatable bonds is 0. The number of nitrogens with zero attached hydrogens (tertiary/aromatic N) is 1. The summed E-state index contributed by atoms with van der Waals surface area (Å²) in [4.78, 5) is 0. The molecule has 0 amide bonds. The van der Waals surface area contributed by atoms with Crippen LogP contribution in [0.2, 0.25) is 0 Å². The van der Waals surface area contributed by atoms with Crippen molar-refractivity contribution in [1.82, 2.24) is 10.6 Å². The van der Waals surface area contributed by atoms with Gasteiger partial charge in [-0.05, 0) is 13.8 Å². The average Bonchev–Trinajstić information content (AvgIpc) is 1.79. The maximum atomic E-state index is 8.85. The van der Waals surface area contributed by atoms with Crippen LogP contribution >= 0.6 is 15.9 Å². The van der Waals surface area contributed by atoms with E-state index >= 15 is 0 Å². The van der Waals surface area contributed by atoms with Crippen molar-refractivity contribution >= 4 is 15.9 Å². The molecule has 0 saturated heterocycles. The molecule has 0 radical (unpaired) electrons. The van der Waals surface area contributed by atoms with Gasteiger partial charge in [-0.2, -0.15) is 10.6 Å². The second-order valence-corrected chi connectivity index (χ2v) is 3.41. The van der Waals surface area contributed by atoms with E-state index in [2.05, 4.69) is 21.4 Å². The molecule has 0 aromatic heterocycles. The fourth-order valence-corrected chi connectivity index (χ4v) is 0.923. The fraction of sp³-hybridized carbons (Fsp3) is 0.600. The fourth-order valence-electron chi connectivity index (χ4n) is 0.641. The van der Waals surface area contributed by atoms with Gasteiger partial charge in [0, 0.05) is 4.48 Å². The highest BCUT2D eigenvalue weighted by Gasteiger charge is 2.28. The summed E-state index contributed by atoms with van der Waals surface area (Å²) in [7, 11) is 0. The molecule has 0 unspecified atom stereocenters. The Morgan fingerprint density at radius 2 is 2.33 bits per heavy atom. The number of hydrazine groups is 1. The van der Waals surface area contributed by atoms with E-state index in [-0.39, 0.29) is 5.54 Å². The lowest BCUT2D eigenvalue weighted by Gasteiger charge is -2.19. The van der Waals surface area contributed by atoms with Gasteiger partial charge in [0.2, 0.25) is 0 Å². The normalized spacial score (nSPS) is 24.4. The third-order valence-corrected chi connectivity index (χ3v) is 2.42. The largest absolute Gasteiger partial charge is 0.273 e. The Morgan fingerprint density at radius 3 is 2.44 bits per heavy atom. The molecule has 1 aliphatic rings. The molecule has 0 atom stereocenters. The van der Waals surface area contributed by atoms with E-state index < -0.39 is 0 Å². The lowest BCUT2D eigenvalue weighted by atomic mass is 10.1. The molecule has 9 heavy (non-hydrogen) atoms. The molecule has 0 fully saturated rings. The van der Waals surface area contributed by atoms with Crippen LogP contribution in [0.15, 0.2) is 10.7 Å². The van der Waals surface area contributed by atoms with Crippen molar-refractivity contribution in [2.45, 2.75) is 19.4 Å². The SMILES string of the molecule is CC1(C)NN(O)C=C1Br. The second-order valence-electron chi connectivity index (χ2n) is 2.56. The molecule has 0 spiro atoms. The van der Waals surface area contributed by atoms with Gasteiger partial charge in [0.15, 0.2) is 0 Å². The predicted octanol–water partition coefficient (Wildman–Crippen LogP) is 1.21. The van der Waals surface area contributed by atoms with Crippen molar-refractivity contribution in [2.75, 3.05) is 0 Å². The van der Waals surface area contributed by atoms with Crippen LogP contribution in [-0.4, -0.2) is 15.9 Å². The molecule has 0 aromatic carbocycles. The number of hydrogen-bond donors (Lipinski definition) is 2. The number of nitrogens with one attached hydrogen (secondary N) is 1. The van der Waals surface area contributed by atoms with Crippen molar-refractivity contribution in [3.05, 3.63) is 10.7 Å². The molecule has 2 N–H and O–H groups in total. The van der Waals surface area contributed by atoms with Crippen molar-refractivity contribution in [3.8, 4) is 0 Å². The van der Waals surface area contributed by atoms with Gasteiger partial charge in [-0.1, -0.05) is 15.9 Å². The van der Waals surface area contributed by atoms with Crippen molar-refractivity contribution in [3.63, 3.8) is 0 Å². The minimum atomic E-state index is -0.172. The van der Waals surface area contributed by atoms with E-state index in [4.69, 9.17) is 5.21 Å². The van der Waals surface area contributed by atoms with Gasteiger partial charge in [0.1, 0.15) is 0 Å². The number of halogens is 1. The highest BCUT2D eigenvalue weighted by Crippen LogP contribution is 2.26. The monoisotopic (exact) mass is 192 g/mol. The van der Waals surface area contributed by atoms with E-state index in [1.807, 2.05) is 13.8 Å². The van der Waals surface area contributed by atoms with Crippen LogP contribution in [0.5, 0.6) is 0 Å². The molecule has 1 heterocycles. The summed E-state index contributed by atoms with van der Waals surface area (Å²) in [6.07, 6.45) is 1.58. The van der Waals surface area contributed by atoms with Gasteiger partial charge in [-0.15, -0.1) is 0 Å². The van der Waals surface area contributed by atoms with Gasteiger partial charge in [0.25, 0.3) is 0 Å². The Kier molecular flexibility index (Phi) is 1.54. The summed E-state index contributed by atoms with van der Waals surface area (Å²) in [6.45, 7) is 3.92. The summed E-state index contributed by atoms with van der Waals surface area (Å²) < 4.78 is 0.942. The highest BCUT2D eigenvalue weighted by molar-refractivity contribution is 9.11. The van der Waals surface area contributed by atoms with Crippen LogP contribution < -0.4 is 5.43 Å². The first-order valence-corrected chi connectivity index (χ1v) is 3.45. The maximum absolute atomic E-state index is 8.85. The second kappa shape index (κ2) is 1.97. The summed E-state index contributed by atoms with van der Waals surface area (Å²) >= 11 is 3.30. The first-order chi connectivity index (χ1) is 4.02. The predicted molar refractivity (Wildman–Crippen MR) is 37.9 cm³/mol. The first kappa shape index (κ1) is 7.05. The minimum absolute atomic E-state index is 0.172. The Balaban J connectivity index is 2.76. The Bertz CT molecular complexity index is 155. The Labute approximate surface area is 62.4 Å². The van der Waals surface area contributed by atoms with Crippen molar-refractivity contribution in [1.29, 1.82) is 0 Å². The number of hydroxylamine groups is 1. The van der Waals surface area contributed by atoms with Crippen LogP contribution in [0, 0.1) is 0 Å². The van der Waals surface area contributed by atoms with Gasteiger partial charge >= 0.3 is 0 Å². The number of hydrogen-bond acceptors (Lipinski definition) is 3. The summed E-state index contributed by atoms with van der Waals surface area (Å²) in [5, 5.41) is 9.80. The van der Waals surface area contributed by atoms with Gasteiger partial charge in [0.05, 0.1) is 11.7 Å². The molecular weight excluding hydrogens is 184 g/mol. The maximum Gasteiger partial charge on any atom is 0.0669 e. The third kappa shape index (κ3) is 1.26. The van der Waals surface area contributed by atoms with Crippen molar-refractivity contribution in [2.24, 2.45) is 0 Å². The molecule has 0 bridgehead atoms. The topological polar surface area (TPSA) is 35.5 Å². The van der Waals surface area contributed by atoms with Crippen LogP contribution in [0.1, 0.15) is 13.8 Å². The Morgan fingerprint density at radius 1 is 1.78 bits per heavy atom.